The fraction of sp³-hybridized carbons (Fsp3) is 0.381. The molecule has 0 unspecified atom stereocenters. The number of hydrogen-bond donors (Lipinski definition) is 1. The molecule has 0 spiro atoms. The van der Waals surface area contributed by atoms with Crippen LogP contribution in [-0.4, -0.2) is 18.6 Å². The van der Waals surface area contributed by atoms with E-state index >= 15 is 0 Å². The van der Waals surface area contributed by atoms with Crippen LogP contribution in [0.1, 0.15) is 36.1 Å². The first-order valence-electron chi connectivity index (χ1n) is 8.64. The van der Waals surface area contributed by atoms with Crippen molar-refractivity contribution in [2.24, 2.45) is 0 Å². The molecule has 0 saturated heterocycles. The topological polar surface area (TPSA) is 47.6 Å². The number of ether oxygens (including phenoxy) is 2. The molecule has 2 aromatic rings. The van der Waals surface area contributed by atoms with Crippen molar-refractivity contribution in [1.82, 2.24) is 5.32 Å². The normalized spacial score (nSPS) is 11.7. The Morgan fingerprint density at radius 3 is 2.64 bits per heavy atom. The van der Waals surface area contributed by atoms with Gasteiger partial charge < -0.3 is 14.8 Å². The number of aryl methyl sites for hydroxylation is 2. The van der Waals surface area contributed by atoms with Gasteiger partial charge >= 0.3 is 0 Å². The van der Waals surface area contributed by atoms with Gasteiger partial charge in [-0.2, -0.15) is 0 Å². The standard InChI is InChI=1S/C21H27NO3/c1-6-24-19-9-7-8-18(12-19)13-22-21(23)17(5)25-20-11-14(2)10-15(3)16(20)4/h7-12,17H,6,13H2,1-5H3,(H,22,23)/t17-/m0/s1. The largest absolute Gasteiger partial charge is 0.494 e. The van der Waals surface area contributed by atoms with Crippen molar-refractivity contribution >= 4 is 5.91 Å². The quantitative estimate of drug-likeness (QED) is 0.825. The number of rotatable bonds is 7. The van der Waals surface area contributed by atoms with E-state index in [-0.39, 0.29) is 5.91 Å². The fourth-order valence-corrected chi connectivity index (χ4v) is 2.61. The van der Waals surface area contributed by atoms with Crippen LogP contribution < -0.4 is 14.8 Å². The zero-order valence-corrected chi connectivity index (χ0v) is 15.7. The van der Waals surface area contributed by atoms with Crippen molar-refractivity contribution < 1.29 is 14.3 Å². The van der Waals surface area contributed by atoms with E-state index < -0.39 is 6.10 Å². The van der Waals surface area contributed by atoms with Crippen LogP contribution in [0, 0.1) is 20.8 Å². The maximum Gasteiger partial charge on any atom is 0.261 e. The Morgan fingerprint density at radius 2 is 1.92 bits per heavy atom. The molecule has 1 amide bonds. The summed E-state index contributed by atoms with van der Waals surface area (Å²) in [6, 6.07) is 11.8. The lowest BCUT2D eigenvalue weighted by atomic mass is 10.1. The lowest BCUT2D eigenvalue weighted by molar-refractivity contribution is -0.127. The van der Waals surface area contributed by atoms with Gasteiger partial charge in [0, 0.05) is 6.54 Å². The second kappa shape index (κ2) is 8.56. The Labute approximate surface area is 150 Å². The molecule has 4 heteroatoms. The Morgan fingerprint density at radius 1 is 1.16 bits per heavy atom. The van der Waals surface area contributed by atoms with Crippen molar-refractivity contribution in [2.75, 3.05) is 6.61 Å². The second-order valence-electron chi connectivity index (χ2n) is 6.26. The van der Waals surface area contributed by atoms with Crippen molar-refractivity contribution in [3.05, 3.63) is 58.7 Å². The van der Waals surface area contributed by atoms with Crippen LogP contribution in [0.15, 0.2) is 36.4 Å². The highest BCUT2D eigenvalue weighted by atomic mass is 16.5. The molecule has 0 aliphatic rings. The van der Waals surface area contributed by atoms with E-state index in [1.807, 2.05) is 58.0 Å². The van der Waals surface area contributed by atoms with E-state index in [9.17, 15) is 4.79 Å². The Bertz CT molecular complexity index is 740. The van der Waals surface area contributed by atoms with Crippen LogP contribution in [-0.2, 0) is 11.3 Å². The summed E-state index contributed by atoms with van der Waals surface area (Å²) >= 11 is 0. The van der Waals surface area contributed by atoms with E-state index in [4.69, 9.17) is 9.47 Å². The summed E-state index contributed by atoms with van der Waals surface area (Å²) < 4.78 is 11.4. The Hall–Kier alpha value is -2.49. The van der Waals surface area contributed by atoms with Gasteiger partial charge in [-0.25, -0.2) is 0 Å². The SMILES string of the molecule is CCOc1cccc(CNC(=O)[C@H](C)Oc2cc(C)cc(C)c2C)c1. The molecule has 0 bridgehead atoms. The lowest BCUT2D eigenvalue weighted by Crippen LogP contribution is -2.36. The summed E-state index contributed by atoms with van der Waals surface area (Å²) in [5.41, 5.74) is 4.34. The molecule has 1 atom stereocenters. The van der Waals surface area contributed by atoms with Crippen LogP contribution in [0.4, 0.5) is 0 Å². The number of nitrogens with one attached hydrogen (secondary N) is 1. The van der Waals surface area contributed by atoms with Crippen LogP contribution in [0.25, 0.3) is 0 Å². The van der Waals surface area contributed by atoms with Gasteiger partial charge in [-0.05, 0) is 75.1 Å². The summed E-state index contributed by atoms with van der Waals surface area (Å²) in [5.74, 6) is 1.43. The molecule has 0 fully saturated rings. The zero-order chi connectivity index (χ0) is 18.4. The molecule has 0 radical (unpaired) electrons. The maximum absolute atomic E-state index is 12.3. The molecule has 1 N–H and O–H groups in total. The van der Waals surface area contributed by atoms with E-state index in [2.05, 4.69) is 11.4 Å². The van der Waals surface area contributed by atoms with Crippen LogP contribution in [0.3, 0.4) is 0 Å². The number of benzene rings is 2. The predicted octanol–water partition coefficient (Wildman–Crippen LogP) is 4.09. The number of carbonyl (C=O) groups excluding carboxylic acids is 1. The summed E-state index contributed by atoms with van der Waals surface area (Å²) in [6.07, 6.45) is -0.560. The number of amides is 1. The second-order valence-corrected chi connectivity index (χ2v) is 6.26. The monoisotopic (exact) mass is 341 g/mol. The van der Waals surface area contributed by atoms with Crippen molar-refractivity contribution in [2.45, 2.75) is 47.3 Å². The van der Waals surface area contributed by atoms with Gasteiger partial charge in [-0.3, -0.25) is 4.79 Å². The number of hydrogen-bond acceptors (Lipinski definition) is 3. The first-order chi connectivity index (χ1) is 11.9. The first kappa shape index (κ1) is 18.8. The average molecular weight is 341 g/mol. The van der Waals surface area contributed by atoms with Crippen molar-refractivity contribution in [3.63, 3.8) is 0 Å². The minimum atomic E-state index is -0.560. The Kier molecular flexibility index (Phi) is 6.45. The maximum atomic E-state index is 12.3. The molecule has 0 aliphatic heterocycles. The molecule has 0 heterocycles. The lowest BCUT2D eigenvalue weighted by Gasteiger charge is -2.18. The third-order valence-corrected chi connectivity index (χ3v) is 4.11. The highest BCUT2D eigenvalue weighted by Gasteiger charge is 2.16. The number of carbonyl (C=O) groups is 1. The first-order valence-corrected chi connectivity index (χ1v) is 8.64. The summed E-state index contributed by atoms with van der Waals surface area (Å²) in [6.45, 7) is 10.9. The van der Waals surface area contributed by atoms with E-state index in [0.717, 1.165) is 33.8 Å². The minimum Gasteiger partial charge on any atom is -0.494 e. The molecule has 25 heavy (non-hydrogen) atoms. The minimum absolute atomic E-state index is 0.139. The van der Waals surface area contributed by atoms with Gasteiger partial charge in [0.1, 0.15) is 11.5 Å². The Balaban J connectivity index is 1.96. The molecule has 0 aliphatic carbocycles. The van der Waals surface area contributed by atoms with Gasteiger partial charge in [-0.1, -0.05) is 18.2 Å². The van der Waals surface area contributed by atoms with Crippen LogP contribution in [0.2, 0.25) is 0 Å². The van der Waals surface area contributed by atoms with E-state index in [1.54, 1.807) is 6.92 Å². The molecule has 0 aromatic heterocycles. The van der Waals surface area contributed by atoms with Gasteiger partial charge in [0.25, 0.3) is 5.91 Å². The zero-order valence-electron chi connectivity index (χ0n) is 15.7. The predicted molar refractivity (Wildman–Crippen MR) is 100 cm³/mol. The highest BCUT2D eigenvalue weighted by Crippen LogP contribution is 2.24. The smallest absolute Gasteiger partial charge is 0.261 e. The molecule has 2 aromatic carbocycles. The summed E-state index contributed by atoms with van der Waals surface area (Å²) in [4.78, 5) is 12.3. The van der Waals surface area contributed by atoms with Crippen molar-refractivity contribution in [1.29, 1.82) is 0 Å². The molecular weight excluding hydrogens is 314 g/mol. The van der Waals surface area contributed by atoms with E-state index in [1.165, 1.54) is 0 Å². The molecule has 134 valence electrons. The molecule has 4 nitrogen and oxygen atoms in total. The fourth-order valence-electron chi connectivity index (χ4n) is 2.61. The third kappa shape index (κ3) is 5.24. The molecular formula is C21H27NO3. The van der Waals surface area contributed by atoms with E-state index in [0.29, 0.717) is 13.2 Å². The molecule has 0 saturated carbocycles. The van der Waals surface area contributed by atoms with Gasteiger partial charge in [0.2, 0.25) is 0 Å². The summed E-state index contributed by atoms with van der Waals surface area (Å²) in [7, 11) is 0. The van der Waals surface area contributed by atoms with Gasteiger partial charge in [-0.15, -0.1) is 0 Å². The summed E-state index contributed by atoms with van der Waals surface area (Å²) in [5, 5.41) is 2.92. The highest BCUT2D eigenvalue weighted by molar-refractivity contribution is 5.80. The average Bonchev–Trinajstić information content (AvgIpc) is 2.57. The van der Waals surface area contributed by atoms with Gasteiger partial charge in [0.05, 0.1) is 6.61 Å². The van der Waals surface area contributed by atoms with Crippen molar-refractivity contribution in [3.8, 4) is 11.5 Å². The van der Waals surface area contributed by atoms with Gasteiger partial charge in [0.15, 0.2) is 6.10 Å². The van der Waals surface area contributed by atoms with Crippen LogP contribution in [0.5, 0.6) is 11.5 Å². The van der Waals surface area contributed by atoms with Crippen LogP contribution >= 0.6 is 0 Å². The molecule has 2 rings (SSSR count). The third-order valence-electron chi connectivity index (χ3n) is 4.11.